The molecule has 0 atom stereocenters. The third-order valence-corrected chi connectivity index (χ3v) is 4.26. The highest BCUT2D eigenvalue weighted by Crippen LogP contribution is 2.17. The number of carbonyl (C=O) groups excluding carboxylic acids is 1. The van der Waals surface area contributed by atoms with Gasteiger partial charge >= 0.3 is 0 Å². The summed E-state index contributed by atoms with van der Waals surface area (Å²) in [4.78, 5) is 17.8. The Kier molecular flexibility index (Phi) is 6.58. The molecule has 0 bridgehead atoms. The first-order valence-corrected chi connectivity index (χ1v) is 8.45. The molecule has 0 radical (unpaired) electrons. The summed E-state index contributed by atoms with van der Waals surface area (Å²) in [6.07, 6.45) is 4.65. The zero-order chi connectivity index (χ0) is 17.5. The number of hydrogen-bond acceptors (Lipinski definition) is 2. The summed E-state index contributed by atoms with van der Waals surface area (Å²) in [5.74, 6) is 0.374. The van der Waals surface area contributed by atoms with Crippen molar-refractivity contribution in [2.45, 2.75) is 45.2 Å². The number of halogens is 1. The highest BCUT2D eigenvalue weighted by atomic mass is 19.1. The largest absolute Gasteiger partial charge is 0.354 e. The molecule has 1 aliphatic rings. The first kappa shape index (κ1) is 18.2. The highest BCUT2D eigenvalue weighted by molar-refractivity contribution is 5.86. The summed E-state index contributed by atoms with van der Waals surface area (Å²) in [5, 5.41) is 6.46. The molecule has 0 spiro atoms. The second-order valence-electron chi connectivity index (χ2n) is 6.52. The van der Waals surface area contributed by atoms with Crippen LogP contribution in [0.15, 0.2) is 23.2 Å². The normalized spacial score (nSPS) is 15.4. The standard InChI is InChI=1S/C18H27FN4O/c1-13-8-9-14(10-16(13)19)11-20-18(21-12-17(24)23(2)3)22-15-6-4-5-7-15/h8-10,15H,4-7,11-12H2,1-3H3,(H2,20,21,22). The molecule has 1 aromatic rings. The average Bonchev–Trinajstić information content (AvgIpc) is 3.05. The fraction of sp³-hybridized carbons (Fsp3) is 0.556. The average molecular weight is 334 g/mol. The van der Waals surface area contributed by atoms with Crippen molar-refractivity contribution in [1.29, 1.82) is 0 Å². The van der Waals surface area contributed by atoms with Crippen molar-refractivity contribution in [2.75, 3.05) is 20.6 Å². The first-order chi connectivity index (χ1) is 11.5. The predicted molar refractivity (Wildman–Crippen MR) is 94.4 cm³/mol. The molecular formula is C18H27FN4O. The number of rotatable bonds is 5. The quantitative estimate of drug-likeness (QED) is 0.641. The molecule has 1 fully saturated rings. The Labute approximate surface area is 143 Å². The van der Waals surface area contributed by atoms with E-state index in [-0.39, 0.29) is 18.3 Å². The number of nitrogens with one attached hydrogen (secondary N) is 2. The number of likely N-dealkylation sites (N-methyl/N-ethyl adjacent to an activating group) is 1. The highest BCUT2D eigenvalue weighted by Gasteiger charge is 2.16. The summed E-state index contributed by atoms with van der Waals surface area (Å²) < 4.78 is 13.6. The van der Waals surface area contributed by atoms with Gasteiger partial charge in [-0.2, -0.15) is 0 Å². The van der Waals surface area contributed by atoms with E-state index in [1.54, 1.807) is 27.1 Å². The molecule has 132 valence electrons. The minimum Gasteiger partial charge on any atom is -0.354 e. The minimum absolute atomic E-state index is 0.0164. The van der Waals surface area contributed by atoms with E-state index >= 15 is 0 Å². The molecule has 6 heteroatoms. The van der Waals surface area contributed by atoms with Gasteiger partial charge in [0.15, 0.2) is 5.96 Å². The van der Waals surface area contributed by atoms with Crippen molar-refractivity contribution >= 4 is 11.9 Å². The lowest BCUT2D eigenvalue weighted by Gasteiger charge is -2.18. The van der Waals surface area contributed by atoms with Gasteiger partial charge in [0.25, 0.3) is 0 Å². The summed E-state index contributed by atoms with van der Waals surface area (Å²) in [6, 6.07) is 5.53. The second kappa shape index (κ2) is 8.66. The number of amides is 1. The van der Waals surface area contributed by atoms with Crippen LogP contribution in [0.5, 0.6) is 0 Å². The lowest BCUT2D eigenvalue weighted by atomic mass is 10.1. The summed E-state index contributed by atoms with van der Waals surface area (Å²) in [6.45, 7) is 2.30. The van der Waals surface area contributed by atoms with E-state index in [0.29, 0.717) is 24.1 Å². The van der Waals surface area contributed by atoms with Crippen molar-refractivity contribution in [3.63, 3.8) is 0 Å². The Hall–Kier alpha value is -2.11. The Morgan fingerprint density at radius 1 is 1.33 bits per heavy atom. The van der Waals surface area contributed by atoms with Crippen LogP contribution in [-0.4, -0.2) is 43.4 Å². The van der Waals surface area contributed by atoms with Crippen LogP contribution in [0.1, 0.15) is 36.8 Å². The van der Waals surface area contributed by atoms with E-state index in [2.05, 4.69) is 15.6 Å². The van der Waals surface area contributed by atoms with Crippen LogP contribution in [-0.2, 0) is 11.3 Å². The van der Waals surface area contributed by atoms with Gasteiger partial charge in [-0.3, -0.25) is 4.79 Å². The zero-order valence-electron chi connectivity index (χ0n) is 14.7. The van der Waals surface area contributed by atoms with Crippen molar-refractivity contribution in [3.05, 3.63) is 35.1 Å². The number of benzene rings is 1. The molecule has 0 saturated heterocycles. The van der Waals surface area contributed by atoms with Crippen molar-refractivity contribution in [1.82, 2.24) is 15.5 Å². The number of guanidine groups is 1. The summed E-state index contributed by atoms with van der Waals surface area (Å²) >= 11 is 0. The molecule has 1 saturated carbocycles. The van der Waals surface area contributed by atoms with Crippen LogP contribution in [0.4, 0.5) is 4.39 Å². The topological polar surface area (TPSA) is 56.7 Å². The van der Waals surface area contributed by atoms with Gasteiger partial charge in [-0.15, -0.1) is 0 Å². The Morgan fingerprint density at radius 2 is 2.04 bits per heavy atom. The smallest absolute Gasteiger partial charge is 0.241 e. The van der Waals surface area contributed by atoms with Crippen LogP contribution in [0, 0.1) is 12.7 Å². The lowest BCUT2D eigenvalue weighted by molar-refractivity contribution is -0.127. The molecule has 2 rings (SSSR count). The molecule has 0 unspecified atom stereocenters. The van der Waals surface area contributed by atoms with Crippen LogP contribution >= 0.6 is 0 Å². The maximum atomic E-state index is 13.6. The van der Waals surface area contributed by atoms with E-state index in [0.717, 1.165) is 18.4 Å². The van der Waals surface area contributed by atoms with E-state index in [1.165, 1.54) is 23.8 Å². The molecule has 24 heavy (non-hydrogen) atoms. The monoisotopic (exact) mass is 334 g/mol. The maximum Gasteiger partial charge on any atom is 0.241 e. The lowest BCUT2D eigenvalue weighted by Crippen LogP contribution is -2.46. The number of aryl methyl sites for hydroxylation is 1. The van der Waals surface area contributed by atoms with Crippen LogP contribution < -0.4 is 10.6 Å². The summed E-state index contributed by atoms with van der Waals surface area (Å²) in [7, 11) is 3.45. The number of aliphatic imine (C=N–C) groups is 1. The number of carbonyl (C=O) groups is 1. The van der Waals surface area contributed by atoms with Crippen LogP contribution in [0.2, 0.25) is 0 Å². The number of nitrogens with zero attached hydrogens (tertiary/aromatic N) is 2. The Bertz CT molecular complexity index is 595. The molecule has 0 aliphatic heterocycles. The predicted octanol–water partition coefficient (Wildman–Crippen LogP) is 2.20. The van der Waals surface area contributed by atoms with Gasteiger partial charge in [0.05, 0.1) is 13.1 Å². The zero-order valence-corrected chi connectivity index (χ0v) is 14.7. The molecule has 0 heterocycles. The van der Waals surface area contributed by atoms with E-state index in [4.69, 9.17) is 0 Å². The van der Waals surface area contributed by atoms with Gasteiger partial charge in [0, 0.05) is 20.1 Å². The fourth-order valence-electron chi connectivity index (χ4n) is 2.64. The third kappa shape index (κ3) is 5.51. The van der Waals surface area contributed by atoms with Gasteiger partial charge in [0.2, 0.25) is 5.91 Å². The van der Waals surface area contributed by atoms with Gasteiger partial charge in [-0.25, -0.2) is 9.38 Å². The Morgan fingerprint density at radius 3 is 2.67 bits per heavy atom. The van der Waals surface area contributed by atoms with Gasteiger partial charge in [0.1, 0.15) is 5.82 Å². The van der Waals surface area contributed by atoms with E-state index in [9.17, 15) is 9.18 Å². The third-order valence-electron chi connectivity index (χ3n) is 4.26. The van der Waals surface area contributed by atoms with E-state index in [1.807, 2.05) is 6.07 Å². The fourth-order valence-corrected chi connectivity index (χ4v) is 2.64. The molecule has 5 nitrogen and oxygen atoms in total. The molecular weight excluding hydrogens is 307 g/mol. The SMILES string of the molecule is Cc1ccc(CN=C(NCC(=O)N(C)C)NC2CCCC2)cc1F. The van der Waals surface area contributed by atoms with E-state index < -0.39 is 0 Å². The minimum atomic E-state index is -0.219. The summed E-state index contributed by atoms with van der Waals surface area (Å²) in [5.41, 5.74) is 1.44. The van der Waals surface area contributed by atoms with Gasteiger partial charge in [-0.1, -0.05) is 25.0 Å². The second-order valence-corrected chi connectivity index (χ2v) is 6.52. The van der Waals surface area contributed by atoms with Crippen molar-refractivity contribution in [2.24, 2.45) is 4.99 Å². The molecule has 1 aromatic carbocycles. The molecule has 0 aromatic heterocycles. The van der Waals surface area contributed by atoms with Gasteiger partial charge in [-0.05, 0) is 37.0 Å². The molecule has 1 amide bonds. The van der Waals surface area contributed by atoms with Crippen LogP contribution in [0.25, 0.3) is 0 Å². The Balaban J connectivity index is 2.01. The van der Waals surface area contributed by atoms with Gasteiger partial charge < -0.3 is 15.5 Å². The van der Waals surface area contributed by atoms with Crippen molar-refractivity contribution in [3.8, 4) is 0 Å². The molecule has 2 N–H and O–H groups in total. The molecule has 1 aliphatic carbocycles. The maximum absolute atomic E-state index is 13.6. The first-order valence-electron chi connectivity index (χ1n) is 8.45. The van der Waals surface area contributed by atoms with Crippen LogP contribution in [0.3, 0.4) is 0 Å². The van der Waals surface area contributed by atoms with Crippen molar-refractivity contribution < 1.29 is 9.18 Å². The number of hydrogen-bond donors (Lipinski definition) is 2.